The quantitative estimate of drug-likeness (QED) is 0.792. The monoisotopic (exact) mass is 277 g/mol. The third-order valence-corrected chi connectivity index (χ3v) is 3.53. The van der Waals surface area contributed by atoms with E-state index in [0.717, 1.165) is 6.42 Å². The minimum Gasteiger partial charge on any atom is -0.507 e. The van der Waals surface area contributed by atoms with Gasteiger partial charge in [0, 0.05) is 10.6 Å². The van der Waals surface area contributed by atoms with Crippen LogP contribution < -0.4 is 5.73 Å². The largest absolute Gasteiger partial charge is 0.507 e. The van der Waals surface area contributed by atoms with Gasteiger partial charge >= 0.3 is 0 Å². The summed E-state index contributed by atoms with van der Waals surface area (Å²) in [7, 11) is 0. The Morgan fingerprint density at radius 1 is 1.35 bits per heavy atom. The molecule has 0 aromatic heterocycles. The van der Waals surface area contributed by atoms with Crippen LogP contribution in [0.25, 0.3) is 0 Å². The summed E-state index contributed by atoms with van der Waals surface area (Å²) in [6.07, 6.45) is 0.0328. The number of benzene rings is 1. The highest BCUT2D eigenvalue weighted by Crippen LogP contribution is 2.36. The van der Waals surface area contributed by atoms with E-state index in [9.17, 15) is 10.2 Å². The van der Waals surface area contributed by atoms with Gasteiger partial charge in [0.25, 0.3) is 0 Å². The fraction of sp³-hybridized carbons (Fsp3) is 0.500. The van der Waals surface area contributed by atoms with Gasteiger partial charge in [0.2, 0.25) is 0 Å². The van der Waals surface area contributed by atoms with Gasteiger partial charge in [0.1, 0.15) is 5.75 Å². The molecule has 0 aliphatic carbocycles. The smallest absolute Gasteiger partial charge is 0.123 e. The summed E-state index contributed by atoms with van der Waals surface area (Å²) >= 11 is 11.7. The van der Waals surface area contributed by atoms with Crippen molar-refractivity contribution >= 4 is 23.2 Å². The van der Waals surface area contributed by atoms with Gasteiger partial charge in [-0.2, -0.15) is 0 Å². The summed E-state index contributed by atoms with van der Waals surface area (Å²) in [5.41, 5.74) is 6.27. The van der Waals surface area contributed by atoms with Gasteiger partial charge in [0.15, 0.2) is 0 Å². The Labute approximate surface area is 111 Å². The van der Waals surface area contributed by atoms with Crippen molar-refractivity contribution < 1.29 is 10.2 Å². The Bertz CT molecular complexity index is 375. The number of aliphatic hydroxyl groups excluding tert-OH is 1. The third kappa shape index (κ3) is 3.26. The average molecular weight is 278 g/mol. The van der Waals surface area contributed by atoms with Crippen LogP contribution >= 0.6 is 23.2 Å². The molecule has 0 spiro atoms. The molecule has 0 radical (unpaired) electrons. The van der Waals surface area contributed by atoms with E-state index in [2.05, 4.69) is 0 Å². The van der Waals surface area contributed by atoms with E-state index in [1.807, 2.05) is 13.8 Å². The second kappa shape index (κ2) is 5.91. The van der Waals surface area contributed by atoms with E-state index in [1.54, 1.807) is 0 Å². The first-order valence-corrected chi connectivity index (χ1v) is 6.25. The summed E-state index contributed by atoms with van der Waals surface area (Å²) in [6, 6.07) is 2.14. The Morgan fingerprint density at radius 2 is 1.94 bits per heavy atom. The molecule has 96 valence electrons. The second-order valence-electron chi connectivity index (χ2n) is 4.22. The molecular weight excluding hydrogens is 261 g/mol. The Hall–Kier alpha value is -0.480. The van der Waals surface area contributed by atoms with Crippen LogP contribution in [0.5, 0.6) is 5.75 Å². The second-order valence-corrected chi connectivity index (χ2v) is 5.07. The van der Waals surface area contributed by atoms with E-state index in [0.29, 0.717) is 10.6 Å². The number of aliphatic hydroxyl groups is 1. The molecule has 5 heteroatoms. The van der Waals surface area contributed by atoms with Crippen molar-refractivity contribution in [3.05, 3.63) is 27.7 Å². The maximum atomic E-state index is 10.0. The van der Waals surface area contributed by atoms with Crippen LogP contribution in [0.2, 0.25) is 10.0 Å². The van der Waals surface area contributed by atoms with Crippen LogP contribution in [-0.4, -0.2) is 16.3 Å². The summed E-state index contributed by atoms with van der Waals surface area (Å²) in [5.74, 6) is -0.0616. The lowest BCUT2D eigenvalue weighted by Gasteiger charge is -2.25. The molecule has 0 aliphatic rings. The van der Waals surface area contributed by atoms with E-state index in [-0.39, 0.29) is 16.7 Å². The highest BCUT2D eigenvalue weighted by Gasteiger charge is 2.26. The normalized spacial score (nSPS) is 16.6. The molecule has 1 rings (SSSR count). The lowest BCUT2D eigenvalue weighted by molar-refractivity contribution is 0.0871. The molecule has 0 saturated heterocycles. The first kappa shape index (κ1) is 14.6. The predicted octanol–water partition coefficient (Wildman–Crippen LogP) is 3.11. The summed E-state index contributed by atoms with van der Waals surface area (Å²) < 4.78 is 0. The van der Waals surface area contributed by atoms with Crippen LogP contribution in [0.4, 0.5) is 0 Å². The summed E-state index contributed by atoms with van der Waals surface area (Å²) in [4.78, 5) is 0. The van der Waals surface area contributed by atoms with Crippen LogP contribution in [0, 0.1) is 5.92 Å². The number of nitrogens with two attached hydrogens (primary N) is 1. The topological polar surface area (TPSA) is 66.5 Å². The molecule has 0 fully saturated rings. The van der Waals surface area contributed by atoms with E-state index in [4.69, 9.17) is 28.9 Å². The highest BCUT2D eigenvalue weighted by molar-refractivity contribution is 6.35. The predicted molar refractivity (Wildman–Crippen MR) is 70.5 cm³/mol. The molecule has 4 N–H and O–H groups in total. The van der Waals surface area contributed by atoms with Gasteiger partial charge in [-0.1, -0.05) is 43.5 Å². The fourth-order valence-electron chi connectivity index (χ4n) is 1.67. The Balaban J connectivity index is 3.08. The molecule has 0 amide bonds. The van der Waals surface area contributed by atoms with Crippen molar-refractivity contribution in [3.8, 4) is 5.75 Å². The van der Waals surface area contributed by atoms with Crippen molar-refractivity contribution in [1.29, 1.82) is 0 Å². The van der Waals surface area contributed by atoms with Gasteiger partial charge < -0.3 is 15.9 Å². The number of phenolic OH excluding ortho intramolecular Hbond substituents is 1. The molecule has 1 aromatic rings. The van der Waals surface area contributed by atoms with Crippen molar-refractivity contribution in [2.24, 2.45) is 11.7 Å². The molecule has 17 heavy (non-hydrogen) atoms. The van der Waals surface area contributed by atoms with Gasteiger partial charge in [-0.25, -0.2) is 0 Å². The lowest BCUT2D eigenvalue weighted by atomic mass is 9.91. The zero-order valence-electron chi connectivity index (χ0n) is 9.82. The molecule has 0 aliphatic heterocycles. The third-order valence-electron chi connectivity index (χ3n) is 3.00. The van der Waals surface area contributed by atoms with Crippen molar-refractivity contribution in [2.75, 3.05) is 0 Å². The maximum absolute atomic E-state index is 10.0. The zero-order chi connectivity index (χ0) is 13.2. The number of hydrogen-bond acceptors (Lipinski definition) is 3. The van der Waals surface area contributed by atoms with E-state index >= 15 is 0 Å². The van der Waals surface area contributed by atoms with Crippen LogP contribution in [0.15, 0.2) is 12.1 Å². The number of phenols is 1. The van der Waals surface area contributed by atoms with Crippen molar-refractivity contribution in [3.63, 3.8) is 0 Å². The minimum absolute atomic E-state index is 0.0242. The Morgan fingerprint density at radius 3 is 2.41 bits per heavy atom. The van der Waals surface area contributed by atoms with Crippen LogP contribution in [-0.2, 0) is 0 Å². The van der Waals surface area contributed by atoms with E-state index < -0.39 is 12.1 Å². The van der Waals surface area contributed by atoms with Gasteiger partial charge in [-0.3, -0.25) is 0 Å². The zero-order valence-corrected chi connectivity index (χ0v) is 11.3. The number of halogens is 2. The van der Waals surface area contributed by atoms with Crippen molar-refractivity contribution in [2.45, 2.75) is 32.4 Å². The van der Waals surface area contributed by atoms with E-state index in [1.165, 1.54) is 12.1 Å². The molecule has 0 heterocycles. The fourth-order valence-corrected chi connectivity index (χ4v) is 2.28. The molecule has 0 saturated carbocycles. The summed E-state index contributed by atoms with van der Waals surface area (Å²) in [5, 5.41) is 20.4. The molecule has 1 unspecified atom stereocenters. The van der Waals surface area contributed by atoms with Gasteiger partial charge in [-0.15, -0.1) is 0 Å². The molecular formula is C12H17Cl2NO2. The van der Waals surface area contributed by atoms with Crippen molar-refractivity contribution in [1.82, 2.24) is 0 Å². The maximum Gasteiger partial charge on any atom is 0.123 e. The molecule has 3 atom stereocenters. The SMILES string of the molecule is CCC(C)[C@@H](O)[C@@H](N)c1c(O)cc(Cl)cc1Cl. The standard InChI is InChI=1S/C12H17Cl2NO2/c1-3-6(2)12(17)11(15)10-8(14)4-7(13)5-9(10)16/h4-6,11-12,16-17H,3,15H2,1-2H3/t6?,11-,12+/m0/s1. The van der Waals surface area contributed by atoms with Gasteiger partial charge in [0.05, 0.1) is 17.2 Å². The minimum atomic E-state index is -0.760. The first-order valence-electron chi connectivity index (χ1n) is 5.50. The summed E-state index contributed by atoms with van der Waals surface area (Å²) in [6.45, 7) is 3.86. The molecule has 1 aromatic carbocycles. The first-order chi connectivity index (χ1) is 7.88. The van der Waals surface area contributed by atoms with Gasteiger partial charge in [-0.05, 0) is 18.1 Å². The molecule has 3 nitrogen and oxygen atoms in total. The number of hydrogen-bond donors (Lipinski definition) is 3. The van der Waals surface area contributed by atoms with Crippen LogP contribution in [0.1, 0.15) is 31.9 Å². The Kier molecular flexibility index (Phi) is 5.07. The highest BCUT2D eigenvalue weighted by atomic mass is 35.5. The van der Waals surface area contributed by atoms with Crippen LogP contribution in [0.3, 0.4) is 0 Å². The lowest BCUT2D eigenvalue weighted by Crippen LogP contribution is -2.31. The number of rotatable bonds is 4. The average Bonchev–Trinajstić information content (AvgIpc) is 2.25. The molecule has 0 bridgehead atoms. The number of aromatic hydroxyl groups is 1.